The maximum atomic E-state index is 12.9. The van der Waals surface area contributed by atoms with Crippen molar-refractivity contribution in [3.05, 3.63) is 59.2 Å². The first-order valence-corrected chi connectivity index (χ1v) is 13.2. The van der Waals surface area contributed by atoms with Crippen LogP contribution in [0.3, 0.4) is 0 Å². The Labute approximate surface area is 235 Å². The number of nitrogens with one attached hydrogen (secondary N) is 4. The van der Waals surface area contributed by atoms with Gasteiger partial charge in [0.1, 0.15) is 6.04 Å². The van der Waals surface area contributed by atoms with E-state index in [0.717, 1.165) is 0 Å². The summed E-state index contributed by atoms with van der Waals surface area (Å²) in [5.41, 5.74) is 2.60. The first-order chi connectivity index (χ1) is 19.9. The number of hydrogen-bond acceptors (Lipinski definition) is 8. The van der Waals surface area contributed by atoms with E-state index in [0.29, 0.717) is 41.0 Å². The summed E-state index contributed by atoms with van der Waals surface area (Å²) in [4.78, 5) is 73.1. The Balaban J connectivity index is 1.10. The number of benzene rings is 2. The van der Waals surface area contributed by atoms with Gasteiger partial charge < -0.3 is 30.3 Å². The molecule has 2 aromatic rings. The van der Waals surface area contributed by atoms with Gasteiger partial charge in [0, 0.05) is 47.6 Å². The molecule has 41 heavy (non-hydrogen) atoms. The summed E-state index contributed by atoms with van der Waals surface area (Å²) < 4.78 is 10.9. The van der Waals surface area contributed by atoms with E-state index in [4.69, 9.17) is 9.47 Å². The summed E-state index contributed by atoms with van der Waals surface area (Å²) in [6, 6.07) is 10.8. The summed E-state index contributed by atoms with van der Waals surface area (Å²) in [6.07, 6.45) is 1.08. The molecule has 0 spiro atoms. The molecule has 0 saturated carbocycles. The van der Waals surface area contributed by atoms with Crippen molar-refractivity contribution in [3.63, 3.8) is 0 Å². The Morgan fingerprint density at radius 2 is 1.76 bits per heavy atom. The fraction of sp³-hybridized carbons (Fsp3) is 0.357. The zero-order valence-corrected chi connectivity index (χ0v) is 22.3. The van der Waals surface area contributed by atoms with Crippen molar-refractivity contribution >= 4 is 47.3 Å². The standard InChI is InChI=1S/C28H31N5O8/c34-17-30-19-6-4-18(5-7-19)26(37)29-11-13-41-15-14-40-12-10-25(36)31-22-3-1-2-20-21(22)16-33(28(20)39)23-8-9-24(35)32-27(23)38/h1-7,17,23H,8-16H2,(H,29,37)(H,30,34)(H,31,36)(H,32,35,38). The average Bonchev–Trinajstić information content (AvgIpc) is 3.29. The van der Waals surface area contributed by atoms with Gasteiger partial charge in [-0.2, -0.15) is 0 Å². The predicted octanol–water partition coefficient (Wildman–Crippen LogP) is 0.808. The summed E-state index contributed by atoms with van der Waals surface area (Å²) in [7, 11) is 0. The summed E-state index contributed by atoms with van der Waals surface area (Å²) >= 11 is 0. The number of ether oxygens (including phenoxy) is 2. The number of carbonyl (C=O) groups excluding carboxylic acids is 6. The summed E-state index contributed by atoms with van der Waals surface area (Å²) in [5.74, 6) is -1.70. The Bertz CT molecular complexity index is 1310. The molecule has 0 aromatic heterocycles. The van der Waals surface area contributed by atoms with Crippen molar-refractivity contribution in [3.8, 4) is 0 Å². The van der Waals surface area contributed by atoms with Crippen LogP contribution in [0.2, 0.25) is 0 Å². The van der Waals surface area contributed by atoms with Gasteiger partial charge in [-0.1, -0.05) is 6.07 Å². The Morgan fingerprint density at radius 3 is 2.49 bits per heavy atom. The highest BCUT2D eigenvalue weighted by molar-refractivity contribution is 6.06. The molecular weight excluding hydrogens is 534 g/mol. The van der Waals surface area contributed by atoms with Gasteiger partial charge >= 0.3 is 0 Å². The van der Waals surface area contributed by atoms with E-state index in [2.05, 4.69) is 21.3 Å². The molecule has 4 rings (SSSR count). The summed E-state index contributed by atoms with van der Waals surface area (Å²) in [5, 5.41) is 10.3. The number of piperidine rings is 1. The van der Waals surface area contributed by atoms with Crippen molar-refractivity contribution in [2.45, 2.75) is 31.8 Å². The number of amides is 6. The number of nitrogens with zero attached hydrogens (tertiary/aromatic N) is 1. The number of carbonyl (C=O) groups is 6. The summed E-state index contributed by atoms with van der Waals surface area (Å²) in [6.45, 7) is 1.47. The lowest BCUT2D eigenvalue weighted by molar-refractivity contribution is -0.137. The lowest BCUT2D eigenvalue weighted by Crippen LogP contribution is -2.52. The molecule has 2 aliphatic heterocycles. The quantitative estimate of drug-likeness (QED) is 0.148. The van der Waals surface area contributed by atoms with Crippen molar-refractivity contribution in [1.82, 2.24) is 15.5 Å². The van der Waals surface area contributed by atoms with Crippen molar-refractivity contribution in [2.24, 2.45) is 0 Å². The lowest BCUT2D eigenvalue weighted by atomic mass is 10.0. The minimum atomic E-state index is -0.729. The van der Waals surface area contributed by atoms with E-state index in [1.165, 1.54) is 4.90 Å². The van der Waals surface area contributed by atoms with Gasteiger partial charge in [-0.05, 0) is 42.8 Å². The van der Waals surface area contributed by atoms with E-state index in [1.807, 2.05) is 0 Å². The maximum Gasteiger partial charge on any atom is 0.255 e. The maximum absolute atomic E-state index is 12.9. The van der Waals surface area contributed by atoms with Crippen LogP contribution in [0.1, 0.15) is 45.5 Å². The van der Waals surface area contributed by atoms with Gasteiger partial charge in [-0.3, -0.25) is 34.1 Å². The van der Waals surface area contributed by atoms with Crippen LogP contribution in [-0.2, 0) is 35.2 Å². The number of anilines is 2. The first-order valence-electron chi connectivity index (χ1n) is 13.2. The highest BCUT2D eigenvalue weighted by atomic mass is 16.5. The van der Waals surface area contributed by atoms with Gasteiger partial charge in [0.05, 0.1) is 32.8 Å². The third-order valence-corrected chi connectivity index (χ3v) is 6.61. The van der Waals surface area contributed by atoms with E-state index >= 15 is 0 Å². The zero-order chi connectivity index (χ0) is 29.2. The first kappa shape index (κ1) is 29.4. The molecule has 2 aliphatic rings. The van der Waals surface area contributed by atoms with Crippen molar-refractivity contribution in [2.75, 3.05) is 43.6 Å². The largest absolute Gasteiger partial charge is 0.379 e. The molecule has 6 amide bonds. The molecule has 1 fully saturated rings. The SMILES string of the molecule is O=CNc1ccc(C(=O)NCCOCCOCCC(=O)Nc2cccc3c2CN(C2CCC(=O)NC2=O)C3=O)cc1. The fourth-order valence-electron chi connectivity index (χ4n) is 4.53. The second kappa shape index (κ2) is 14.1. The van der Waals surface area contributed by atoms with Crippen LogP contribution < -0.4 is 21.3 Å². The topological polar surface area (TPSA) is 172 Å². The normalized spacial score (nSPS) is 16.1. The highest BCUT2D eigenvalue weighted by Gasteiger charge is 2.39. The van der Waals surface area contributed by atoms with Gasteiger partial charge in [0.25, 0.3) is 11.8 Å². The van der Waals surface area contributed by atoms with Crippen molar-refractivity contribution in [1.29, 1.82) is 0 Å². The highest BCUT2D eigenvalue weighted by Crippen LogP contribution is 2.32. The molecule has 1 unspecified atom stereocenters. The smallest absolute Gasteiger partial charge is 0.255 e. The van der Waals surface area contributed by atoms with Crippen LogP contribution in [-0.4, -0.2) is 79.9 Å². The number of rotatable bonds is 14. The van der Waals surface area contributed by atoms with Crippen LogP contribution in [0.4, 0.5) is 11.4 Å². The molecule has 2 aromatic carbocycles. The second-order valence-corrected chi connectivity index (χ2v) is 9.35. The van der Waals surface area contributed by atoms with Crippen molar-refractivity contribution < 1.29 is 38.2 Å². The second-order valence-electron chi connectivity index (χ2n) is 9.35. The molecule has 2 heterocycles. The third-order valence-electron chi connectivity index (χ3n) is 6.61. The van der Waals surface area contributed by atoms with E-state index < -0.39 is 11.9 Å². The van der Waals surface area contributed by atoms with E-state index in [-0.39, 0.29) is 75.9 Å². The van der Waals surface area contributed by atoms with Gasteiger partial charge in [-0.25, -0.2) is 0 Å². The van der Waals surface area contributed by atoms with Gasteiger partial charge in [0.15, 0.2) is 0 Å². The molecule has 0 radical (unpaired) electrons. The number of hydrogen-bond donors (Lipinski definition) is 4. The van der Waals surface area contributed by atoms with Crippen LogP contribution in [0, 0.1) is 0 Å². The molecule has 1 atom stereocenters. The van der Waals surface area contributed by atoms with E-state index in [1.54, 1.807) is 42.5 Å². The number of fused-ring (bicyclic) bond motifs is 1. The third kappa shape index (κ3) is 7.74. The van der Waals surface area contributed by atoms with Crippen LogP contribution in [0.15, 0.2) is 42.5 Å². The monoisotopic (exact) mass is 565 g/mol. The molecule has 13 heteroatoms. The average molecular weight is 566 g/mol. The Morgan fingerprint density at radius 1 is 1.00 bits per heavy atom. The molecule has 4 N–H and O–H groups in total. The predicted molar refractivity (Wildman–Crippen MR) is 146 cm³/mol. The van der Waals surface area contributed by atoms with Crippen LogP contribution in [0.25, 0.3) is 0 Å². The Kier molecular flexibility index (Phi) is 10.1. The number of imide groups is 1. The van der Waals surface area contributed by atoms with Gasteiger partial charge in [0.2, 0.25) is 24.1 Å². The zero-order valence-electron chi connectivity index (χ0n) is 22.3. The lowest BCUT2D eigenvalue weighted by Gasteiger charge is -2.29. The Hall–Kier alpha value is -4.62. The van der Waals surface area contributed by atoms with Crippen LogP contribution >= 0.6 is 0 Å². The van der Waals surface area contributed by atoms with Crippen LogP contribution in [0.5, 0.6) is 0 Å². The molecule has 1 saturated heterocycles. The minimum absolute atomic E-state index is 0.0890. The molecule has 0 aliphatic carbocycles. The molecule has 216 valence electrons. The molecule has 13 nitrogen and oxygen atoms in total. The fourth-order valence-corrected chi connectivity index (χ4v) is 4.53. The molecular formula is C28H31N5O8. The van der Waals surface area contributed by atoms with E-state index in [9.17, 15) is 28.8 Å². The molecule has 0 bridgehead atoms. The minimum Gasteiger partial charge on any atom is -0.379 e. The van der Waals surface area contributed by atoms with Gasteiger partial charge in [-0.15, -0.1) is 0 Å².